The van der Waals surface area contributed by atoms with Gasteiger partial charge in [-0.25, -0.2) is 0 Å². The van der Waals surface area contributed by atoms with Crippen molar-refractivity contribution < 1.29 is 4.79 Å². The molecule has 1 aromatic carbocycles. The van der Waals surface area contributed by atoms with E-state index < -0.39 is 0 Å². The molecule has 0 heterocycles. The van der Waals surface area contributed by atoms with Gasteiger partial charge in [0, 0.05) is 18.2 Å². The molecule has 90 valence electrons. The molecule has 0 aliphatic heterocycles. The molecule has 4 heteroatoms. The third-order valence-corrected chi connectivity index (χ3v) is 2.58. The number of aryl methyl sites for hydroxylation is 1. The summed E-state index contributed by atoms with van der Waals surface area (Å²) < 4.78 is 0. The summed E-state index contributed by atoms with van der Waals surface area (Å²) in [5, 5.41) is 2.85. The van der Waals surface area contributed by atoms with E-state index in [0.717, 1.165) is 16.7 Å². The largest absolute Gasteiger partial charge is 0.348 e. The minimum atomic E-state index is -0.0471. The number of halogens is 1. The van der Waals surface area contributed by atoms with Crippen LogP contribution >= 0.6 is 12.4 Å². The van der Waals surface area contributed by atoms with Crippen molar-refractivity contribution in [1.29, 1.82) is 0 Å². The average molecular weight is 243 g/mol. The van der Waals surface area contributed by atoms with E-state index >= 15 is 0 Å². The third kappa shape index (κ3) is 3.51. The quantitative estimate of drug-likeness (QED) is 0.849. The van der Waals surface area contributed by atoms with Gasteiger partial charge in [0.05, 0.1) is 0 Å². The highest BCUT2D eigenvalue weighted by Gasteiger charge is 2.11. The number of nitrogens with one attached hydrogen (secondary N) is 1. The molecule has 0 bridgehead atoms. The highest BCUT2D eigenvalue weighted by molar-refractivity contribution is 5.96. The van der Waals surface area contributed by atoms with Crippen molar-refractivity contribution in [1.82, 2.24) is 5.32 Å². The van der Waals surface area contributed by atoms with Gasteiger partial charge >= 0.3 is 0 Å². The number of hydrogen-bond acceptors (Lipinski definition) is 2. The van der Waals surface area contributed by atoms with Crippen LogP contribution in [0.15, 0.2) is 18.2 Å². The molecule has 0 aromatic heterocycles. The molecule has 0 fully saturated rings. The van der Waals surface area contributed by atoms with Gasteiger partial charge in [0.15, 0.2) is 0 Å². The Bertz CT molecular complexity index is 366. The molecule has 0 saturated heterocycles. The molecule has 0 radical (unpaired) electrons. The molecular weight excluding hydrogens is 224 g/mol. The van der Waals surface area contributed by atoms with Crippen LogP contribution < -0.4 is 11.1 Å². The summed E-state index contributed by atoms with van der Waals surface area (Å²) in [6, 6.07) is 5.74. The van der Waals surface area contributed by atoms with Crippen LogP contribution in [0.1, 0.15) is 28.4 Å². The van der Waals surface area contributed by atoms with Crippen LogP contribution in [0, 0.1) is 13.8 Å². The third-order valence-electron chi connectivity index (χ3n) is 2.58. The second-order valence-corrected chi connectivity index (χ2v) is 3.86. The number of benzene rings is 1. The van der Waals surface area contributed by atoms with Crippen molar-refractivity contribution in [2.75, 3.05) is 6.54 Å². The lowest BCUT2D eigenvalue weighted by molar-refractivity contribution is 0.0940. The Morgan fingerprint density at radius 1 is 1.44 bits per heavy atom. The summed E-state index contributed by atoms with van der Waals surface area (Å²) in [7, 11) is 0. The van der Waals surface area contributed by atoms with Gasteiger partial charge in [-0.15, -0.1) is 12.4 Å². The Morgan fingerprint density at radius 2 is 2.06 bits per heavy atom. The first-order valence-electron chi connectivity index (χ1n) is 5.13. The molecule has 0 spiro atoms. The zero-order chi connectivity index (χ0) is 11.4. The van der Waals surface area contributed by atoms with E-state index in [4.69, 9.17) is 5.73 Å². The van der Waals surface area contributed by atoms with E-state index in [-0.39, 0.29) is 24.4 Å². The summed E-state index contributed by atoms with van der Waals surface area (Å²) >= 11 is 0. The molecule has 1 amide bonds. The Hall–Kier alpha value is -1.06. The molecule has 3 nitrogen and oxygen atoms in total. The first-order chi connectivity index (χ1) is 7.06. The van der Waals surface area contributed by atoms with Gasteiger partial charge < -0.3 is 11.1 Å². The minimum Gasteiger partial charge on any atom is -0.348 e. The smallest absolute Gasteiger partial charge is 0.251 e. The van der Waals surface area contributed by atoms with E-state index in [1.54, 1.807) is 0 Å². The topological polar surface area (TPSA) is 55.1 Å². The first kappa shape index (κ1) is 14.9. The normalized spacial score (nSPS) is 11.5. The number of amides is 1. The fraction of sp³-hybridized carbons (Fsp3) is 0.417. The SMILES string of the molecule is Cc1cccc(C(=O)N[C@@H](C)CN)c1C.Cl. The molecular formula is C12H19ClN2O. The molecule has 1 rings (SSSR count). The zero-order valence-corrected chi connectivity index (χ0v) is 10.7. The number of carbonyl (C=O) groups excluding carboxylic acids is 1. The number of carbonyl (C=O) groups is 1. The highest BCUT2D eigenvalue weighted by atomic mass is 35.5. The fourth-order valence-electron chi connectivity index (χ4n) is 1.36. The van der Waals surface area contributed by atoms with Crippen molar-refractivity contribution in [3.05, 3.63) is 34.9 Å². The van der Waals surface area contributed by atoms with Crippen LogP contribution in [0.5, 0.6) is 0 Å². The number of nitrogens with two attached hydrogens (primary N) is 1. The molecule has 0 unspecified atom stereocenters. The highest BCUT2D eigenvalue weighted by Crippen LogP contribution is 2.12. The van der Waals surface area contributed by atoms with Gasteiger partial charge in [0.25, 0.3) is 5.91 Å². The maximum absolute atomic E-state index is 11.8. The van der Waals surface area contributed by atoms with Crippen LogP contribution in [0.3, 0.4) is 0 Å². The maximum Gasteiger partial charge on any atom is 0.251 e. The average Bonchev–Trinajstić information content (AvgIpc) is 2.21. The molecule has 16 heavy (non-hydrogen) atoms. The first-order valence-corrected chi connectivity index (χ1v) is 5.13. The van der Waals surface area contributed by atoms with Crippen molar-refractivity contribution in [2.24, 2.45) is 5.73 Å². The Kier molecular flexibility index (Phi) is 6.08. The molecule has 3 N–H and O–H groups in total. The lowest BCUT2D eigenvalue weighted by Gasteiger charge is -2.13. The molecule has 0 aliphatic rings. The molecule has 0 aliphatic carbocycles. The van der Waals surface area contributed by atoms with Crippen molar-refractivity contribution >= 4 is 18.3 Å². The summed E-state index contributed by atoms with van der Waals surface area (Å²) in [6.45, 7) is 6.30. The number of rotatable bonds is 3. The number of hydrogen-bond donors (Lipinski definition) is 2. The lowest BCUT2D eigenvalue weighted by atomic mass is 10.0. The van der Waals surface area contributed by atoms with Crippen LogP contribution in [-0.4, -0.2) is 18.5 Å². The predicted molar refractivity (Wildman–Crippen MR) is 69.1 cm³/mol. The standard InChI is InChI=1S/C12H18N2O.ClH/c1-8-5-4-6-11(10(8)3)12(15)14-9(2)7-13;/h4-6,9H,7,13H2,1-3H3,(H,14,15);1H/t9-;/m0./s1. The van der Waals surface area contributed by atoms with Gasteiger partial charge in [0.2, 0.25) is 0 Å². The van der Waals surface area contributed by atoms with Crippen molar-refractivity contribution in [3.8, 4) is 0 Å². The van der Waals surface area contributed by atoms with E-state index in [1.165, 1.54) is 0 Å². The second-order valence-electron chi connectivity index (χ2n) is 3.86. The summed E-state index contributed by atoms with van der Waals surface area (Å²) in [6.07, 6.45) is 0. The lowest BCUT2D eigenvalue weighted by Crippen LogP contribution is -2.38. The summed E-state index contributed by atoms with van der Waals surface area (Å²) in [5.41, 5.74) is 8.34. The van der Waals surface area contributed by atoms with Crippen LogP contribution in [0.25, 0.3) is 0 Å². The zero-order valence-electron chi connectivity index (χ0n) is 9.91. The van der Waals surface area contributed by atoms with E-state index in [0.29, 0.717) is 6.54 Å². The van der Waals surface area contributed by atoms with Gasteiger partial charge in [-0.1, -0.05) is 12.1 Å². The Morgan fingerprint density at radius 3 is 2.62 bits per heavy atom. The molecule has 1 atom stereocenters. The monoisotopic (exact) mass is 242 g/mol. The maximum atomic E-state index is 11.8. The van der Waals surface area contributed by atoms with E-state index in [2.05, 4.69) is 5.32 Å². The van der Waals surface area contributed by atoms with E-state index in [1.807, 2.05) is 39.0 Å². The van der Waals surface area contributed by atoms with Gasteiger partial charge in [-0.2, -0.15) is 0 Å². The van der Waals surface area contributed by atoms with Crippen molar-refractivity contribution in [3.63, 3.8) is 0 Å². The van der Waals surface area contributed by atoms with Crippen LogP contribution in [0.2, 0.25) is 0 Å². The van der Waals surface area contributed by atoms with Gasteiger partial charge in [-0.3, -0.25) is 4.79 Å². The Balaban J connectivity index is 0.00000225. The minimum absolute atomic E-state index is 0. The molecule has 1 aromatic rings. The predicted octanol–water partition coefficient (Wildman–Crippen LogP) is 1.80. The van der Waals surface area contributed by atoms with E-state index in [9.17, 15) is 4.79 Å². The van der Waals surface area contributed by atoms with Crippen LogP contribution in [0.4, 0.5) is 0 Å². The summed E-state index contributed by atoms with van der Waals surface area (Å²) in [4.78, 5) is 11.8. The molecule has 0 saturated carbocycles. The Labute approximate surface area is 103 Å². The van der Waals surface area contributed by atoms with Crippen molar-refractivity contribution in [2.45, 2.75) is 26.8 Å². The van der Waals surface area contributed by atoms with Crippen LogP contribution in [-0.2, 0) is 0 Å². The second kappa shape index (κ2) is 6.51. The fourth-order valence-corrected chi connectivity index (χ4v) is 1.36. The van der Waals surface area contributed by atoms with Gasteiger partial charge in [0.1, 0.15) is 0 Å². The van der Waals surface area contributed by atoms with Gasteiger partial charge in [-0.05, 0) is 38.0 Å². The summed E-state index contributed by atoms with van der Waals surface area (Å²) in [5.74, 6) is -0.0471.